The summed E-state index contributed by atoms with van der Waals surface area (Å²) < 4.78 is 30.1. The van der Waals surface area contributed by atoms with Crippen molar-refractivity contribution in [1.82, 2.24) is 5.32 Å². The third-order valence-electron chi connectivity index (χ3n) is 4.63. The van der Waals surface area contributed by atoms with E-state index in [4.69, 9.17) is 4.74 Å². The van der Waals surface area contributed by atoms with Crippen LogP contribution in [0.15, 0.2) is 41.3 Å². The van der Waals surface area contributed by atoms with Crippen LogP contribution in [0.5, 0.6) is 5.75 Å². The van der Waals surface area contributed by atoms with Gasteiger partial charge in [-0.1, -0.05) is 12.1 Å². The Bertz CT molecular complexity index is 939. The van der Waals surface area contributed by atoms with E-state index in [2.05, 4.69) is 5.32 Å². The molecule has 0 bridgehead atoms. The maximum Gasteiger partial charge on any atom is 0.251 e. The predicted molar refractivity (Wildman–Crippen MR) is 107 cm³/mol. The van der Waals surface area contributed by atoms with E-state index < -0.39 is 14.6 Å². The Morgan fingerprint density at radius 3 is 2.19 bits per heavy atom. The molecule has 6 heteroatoms. The first-order valence-corrected chi connectivity index (χ1v) is 10.2. The van der Waals surface area contributed by atoms with Crippen LogP contribution in [0.2, 0.25) is 0 Å². The Hall–Kier alpha value is -2.34. The van der Waals surface area contributed by atoms with E-state index in [1.807, 2.05) is 26.8 Å². The second-order valence-corrected chi connectivity index (χ2v) is 9.99. The van der Waals surface area contributed by atoms with E-state index in [1.54, 1.807) is 51.3 Å². The Balaban J connectivity index is 2.20. The molecule has 1 N–H and O–H groups in total. The second kappa shape index (κ2) is 7.72. The van der Waals surface area contributed by atoms with Gasteiger partial charge in [-0.2, -0.15) is 0 Å². The number of ether oxygens (including phenoxy) is 1. The molecule has 2 aromatic carbocycles. The van der Waals surface area contributed by atoms with Crippen LogP contribution >= 0.6 is 0 Å². The molecule has 0 atom stereocenters. The summed E-state index contributed by atoms with van der Waals surface area (Å²) in [6, 6.07) is 10.3. The van der Waals surface area contributed by atoms with E-state index in [-0.39, 0.29) is 17.3 Å². The number of rotatable bonds is 6. The summed E-state index contributed by atoms with van der Waals surface area (Å²) in [5.41, 5.74) is 3.07. The molecule has 0 fully saturated rings. The zero-order valence-electron chi connectivity index (χ0n) is 16.7. The highest BCUT2D eigenvalue weighted by molar-refractivity contribution is 7.92. The maximum absolute atomic E-state index is 13.0. The quantitative estimate of drug-likeness (QED) is 0.819. The molecule has 0 radical (unpaired) electrons. The van der Waals surface area contributed by atoms with Crippen molar-refractivity contribution in [2.75, 3.05) is 13.7 Å². The number of hydrogen-bond donors (Lipinski definition) is 1. The monoisotopic (exact) mass is 389 g/mol. The van der Waals surface area contributed by atoms with Crippen molar-refractivity contribution >= 4 is 15.7 Å². The summed E-state index contributed by atoms with van der Waals surface area (Å²) >= 11 is 0. The van der Waals surface area contributed by atoms with Crippen LogP contribution in [0.3, 0.4) is 0 Å². The van der Waals surface area contributed by atoms with Crippen molar-refractivity contribution in [2.45, 2.75) is 44.3 Å². The number of carbonyl (C=O) groups excluding carboxylic acids is 1. The van der Waals surface area contributed by atoms with Crippen molar-refractivity contribution in [2.24, 2.45) is 0 Å². The van der Waals surface area contributed by atoms with Crippen molar-refractivity contribution in [1.29, 1.82) is 0 Å². The van der Waals surface area contributed by atoms with Crippen LogP contribution in [0.25, 0.3) is 0 Å². The summed E-state index contributed by atoms with van der Waals surface area (Å²) in [6.45, 7) is 8.84. The molecule has 0 heterocycles. The SMILES string of the molecule is COc1c(C)cc(C(=O)NCC(C)(C)S(=O)(=O)c2cccc(C)c2)cc1C. The summed E-state index contributed by atoms with van der Waals surface area (Å²) in [6.07, 6.45) is 0. The lowest BCUT2D eigenvalue weighted by Gasteiger charge is -2.25. The normalized spacial score (nSPS) is 11.9. The fourth-order valence-electron chi connectivity index (χ4n) is 3.00. The van der Waals surface area contributed by atoms with Gasteiger partial charge in [0, 0.05) is 12.1 Å². The van der Waals surface area contributed by atoms with Crippen LogP contribution in [0.1, 0.15) is 40.9 Å². The minimum atomic E-state index is -3.60. The summed E-state index contributed by atoms with van der Waals surface area (Å²) in [4.78, 5) is 12.8. The molecule has 0 aliphatic rings. The average Bonchev–Trinajstić information content (AvgIpc) is 2.59. The van der Waals surface area contributed by atoms with Crippen molar-refractivity contribution in [3.63, 3.8) is 0 Å². The highest BCUT2D eigenvalue weighted by atomic mass is 32.2. The van der Waals surface area contributed by atoms with Gasteiger partial charge in [-0.3, -0.25) is 4.79 Å². The van der Waals surface area contributed by atoms with Gasteiger partial charge in [0.1, 0.15) is 5.75 Å². The van der Waals surface area contributed by atoms with Gasteiger partial charge in [0.2, 0.25) is 0 Å². The minimum absolute atomic E-state index is 0.00618. The van der Waals surface area contributed by atoms with Gasteiger partial charge >= 0.3 is 0 Å². The lowest BCUT2D eigenvalue weighted by molar-refractivity contribution is 0.0950. The fraction of sp³-hybridized carbons (Fsp3) is 0.381. The zero-order chi connectivity index (χ0) is 20.4. The van der Waals surface area contributed by atoms with Crippen LogP contribution < -0.4 is 10.1 Å². The molecule has 146 valence electrons. The van der Waals surface area contributed by atoms with Gasteiger partial charge in [-0.05, 0) is 75.6 Å². The van der Waals surface area contributed by atoms with Crippen molar-refractivity contribution in [3.05, 3.63) is 58.7 Å². The molecule has 0 saturated heterocycles. The summed E-state index contributed by atoms with van der Waals surface area (Å²) in [5.74, 6) is 0.435. The van der Waals surface area contributed by atoms with Crippen LogP contribution in [0.4, 0.5) is 0 Å². The Morgan fingerprint density at radius 1 is 1.07 bits per heavy atom. The van der Waals surface area contributed by atoms with Crippen LogP contribution in [0, 0.1) is 20.8 Å². The number of carbonyl (C=O) groups is 1. The Kier molecular flexibility index (Phi) is 6.00. The van der Waals surface area contributed by atoms with Gasteiger partial charge in [0.25, 0.3) is 5.91 Å². The molecule has 27 heavy (non-hydrogen) atoms. The molecule has 0 saturated carbocycles. The highest BCUT2D eigenvalue weighted by Crippen LogP contribution is 2.27. The molecule has 2 aromatic rings. The van der Waals surface area contributed by atoms with Gasteiger partial charge in [-0.25, -0.2) is 8.42 Å². The molecule has 0 aliphatic heterocycles. The van der Waals surface area contributed by atoms with Gasteiger partial charge in [0.15, 0.2) is 9.84 Å². The first-order valence-electron chi connectivity index (χ1n) is 8.74. The number of nitrogens with one attached hydrogen (secondary N) is 1. The molecule has 2 rings (SSSR count). The van der Waals surface area contributed by atoms with Gasteiger partial charge in [0.05, 0.1) is 16.8 Å². The number of hydrogen-bond acceptors (Lipinski definition) is 4. The third kappa shape index (κ3) is 4.33. The van der Waals surface area contributed by atoms with E-state index in [9.17, 15) is 13.2 Å². The number of amides is 1. The standard InChI is InChI=1S/C21H27NO4S/c1-14-8-7-9-18(10-14)27(24,25)21(4,5)13-22-20(23)17-11-15(2)19(26-6)16(3)12-17/h7-12H,13H2,1-6H3,(H,22,23). The maximum atomic E-state index is 13.0. The number of aryl methyl sites for hydroxylation is 3. The van der Waals surface area contributed by atoms with E-state index in [0.29, 0.717) is 5.56 Å². The number of sulfone groups is 1. The van der Waals surface area contributed by atoms with Crippen molar-refractivity contribution < 1.29 is 17.9 Å². The zero-order valence-corrected chi connectivity index (χ0v) is 17.5. The number of methoxy groups -OCH3 is 1. The molecular formula is C21H27NO4S. The van der Waals surface area contributed by atoms with Crippen molar-refractivity contribution in [3.8, 4) is 5.75 Å². The molecule has 1 amide bonds. The van der Waals surface area contributed by atoms with Gasteiger partial charge < -0.3 is 10.1 Å². The first-order chi connectivity index (χ1) is 12.5. The average molecular weight is 390 g/mol. The third-order valence-corrected chi connectivity index (χ3v) is 7.10. The van der Waals surface area contributed by atoms with E-state index in [0.717, 1.165) is 22.4 Å². The smallest absolute Gasteiger partial charge is 0.251 e. The molecular weight excluding hydrogens is 362 g/mol. The summed E-state index contributed by atoms with van der Waals surface area (Å²) in [7, 11) is -2.01. The lowest BCUT2D eigenvalue weighted by atomic mass is 10.0. The molecule has 5 nitrogen and oxygen atoms in total. The first kappa shape index (κ1) is 21.0. The lowest BCUT2D eigenvalue weighted by Crippen LogP contribution is -2.44. The minimum Gasteiger partial charge on any atom is -0.496 e. The Morgan fingerprint density at radius 2 is 1.67 bits per heavy atom. The fourth-order valence-corrected chi connectivity index (χ4v) is 4.49. The van der Waals surface area contributed by atoms with Crippen LogP contribution in [-0.4, -0.2) is 32.7 Å². The largest absolute Gasteiger partial charge is 0.496 e. The number of benzene rings is 2. The van der Waals surface area contributed by atoms with Gasteiger partial charge in [-0.15, -0.1) is 0 Å². The second-order valence-electron chi connectivity index (χ2n) is 7.41. The van der Waals surface area contributed by atoms with Crippen LogP contribution in [-0.2, 0) is 9.84 Å². The molecule has 0 unspecified atom stereocenters. The van der Waals surface area contributed by atoms with E-state index in [1.165, 1.54) is 0 Å². The molecule has 0 spiro atoms. The molecule has 0 aromatic heterocycles. The topological polar surface area (TPSA) is 72.5 Å². The summed E-state index contributed by atoms with van der Waals surface area (Å²) in [5, 5.41) is 2.76. The molecule has 0 aliphatic carbocycles. The Labute approximate surface area is 161 Å². The van der Waals surface area contributed by atoms with E-state index >= 15 is 0 Å². The predicted octanol–water partition coefficient (Wildman–Crippen LogP) is 3.60. The highest BCUT2D eigenvalue weighted by Gasteiger charge is 2.36.